The second-order valence-electron chi connectivity index (χ2n) is 3.16. The Morgan fingerprint density at radius 1 is 1.33 bits per heavy atom. The first-order valence-electron chi connectivity index (χ1n) is 4.67. The van der Waals surface area contributed by atoms with E-state index in [0.717, 1.165) is 20.4 Å². The number of ether oxygens (including phenoxy) is 3. The van der Waals surface area contributed by atoms with Crippen molar-refractivity contribution in [3.8, 4) is 11.5 Å². The summed E-state index contributed by atoms with van der Waals surface area (Å²) in [5.74, 6) is -2.05. The molecule has 0 N–H and O–H groups in total. The molecule has 8 heteroatoms. The third kappa shape index (κ3) is 3.02. The van der Waals surface area contributed by atoms with Gasteiger partial charge in [0.05, 0.1) is 26.1 Å². The second-order valence-corrected chi connectivity index (χ2v) is 3.16. The molecule has 100 valence electrons. The number of alkyl halides is 3. The largest absolute Gasteiger partial charge is 0.573 e. The van der Waals surface area contributed by atoms with Gasteiger partial charge in [0, 0.05) is 0 Å². The summed E-state index contributed by atoms with van der Waals surface area (Å²) in [5.41, 5.74) is -0.379. The van der Waals surface area contributed by atoms with Crippen LogP contribution in [0.5, 0.6) is 11.5 Å². The number of methoxy groups -OCH3 is 2. The van der Waals surface area contributed by atoms with Crippen molar-refractivity contribution >= 4 is 5.97 Å². The quantitative estimate of drug-likeness (QED) is 0.783. The molecule has 0 atom stereocenters. The molecule has 0 aromatic carbocycles. The third-order valence-electron chi connectivity index (χ3n) is 2.02. The van der Waals surface area contributed by atoms with E-state index in [4.69, 9.17) is 0 Å². The number of halogens is 3. The van der Waals surface area contributed by atoms with E-state index >= 15 is 0 Å². The molecule has 5 nitrogen and oxygen atoms in total. The molecule has 0 aliphatic rings. The fraction of sp³-hybridized carbons (Fsp3) is 0.400. The zero-order valence-electron chi connectivity index (χ0n) is 9.79. The lowest BCUT2D eigenvalue weighted by Gasteiger charge is -2.16. The number of nitrogens with zero attached hydrogens (tertiary/aromatic N) is 1. The van der Waals surface area contributed by atoms with Crippen molar-refractivity contribution in [3.63, 3.8) is 0 Å². The lowest BCUT2D eigenvalue weighted by atomic mass is 10.2. The Morgan fingerprint density at radius 3 is 2.39 bits per heavy atom. The first-order chi connectivity index (χ1) is 8.30. The molecule has 18 heavy (non-hydrogen) atoms. The van der Waals surface area contributed by atoms with Crippen LogP contribution in [0, 0.1) is 6.92 Å². The van der Waals surface area contributed by atoms with Gasteiger partial charge in [-0.15, -0.1) is 13.2 Å². The van der Waals surface area contributed by atoms with Crippen LogP contribution in [-0.2, 0) is 4.74 Å². The molecule has 0 fully saturated rings. The number of aromatic nitrogens is 1. The third-order valence-corrected chi connectivity index (χ3v) is 2.02. The van der Waals surface area contributed by atoms with E-state index in [1.165, 1.54) is 6.92 Å². The van der Waals surface area contributed by atoms with Gasteiger partial charge in [-0.2, -0.15) is 0 Å². The molecule has 0 radical (unpaired) electrons. The number of hydrogen-bond acceptors (Lipinski definition) is 5. The smallest absolute Gasteiger partial charge is 0.491 e. The van der Waals surface area contributed by atoms with Crippen molar-refractivity contribution in [2.75, 3.05) is 14.2 Å². The Kier molecular flexibility index (Phi) is 4.00. The molecule has 0 aliphatic carbocycles. The molecule has 0 amide bonds. The van der Waals surface area contributed by atoms with E-state index in [2.05, 4.69) is 19.2 Å². The minimum absolute atomic E-state index is 0.0434. The van der Waals surface area contributed by atoms with Crippen molar-refractivity contribution in [1.82, 2.24) is 4.98 Å². The number of carbonyl (C=O) groups is 1. The Hall–Kier alpha value is -1.99. The van der Waals surface area contributed by atoms with Crippen molar-refractivity contribution in [2.24, 2.45) is 0 Å². The minimum atomic E-state index is -4.95. The summed E-state index contributed by atoms with van der Waals surface area (Å²) in [7, 11) is 2.18. The van der Waals surface area contributed by atoms with E-state index < -0.39 is 23.6 Å². The zero-order chi connectivity index (χ0) is 13.9. The predicted molar refractivity (Wildman–Crippen MR) is 53.5 cm³/mol. The molecule has 1 aromatic heterocycles. The van der Waals surface area contributed by atoms with Crippen LogP contribution in [0.4, 0.5) is 13.2 Å². The van der Waals surface area contributed by atoms with Crippen LogP contribution in [-0.4, -0.2) is 31.5 Å². The number of esters is 1. The molecule has 0 saturated heterocycles. The summed E-state index contributed by atoms with van der Waals surface area (Å²) in [5, 5.41) is 0. The van der Waals surface area contributed by atoms with Gasteiger partial charge < -0.3 is 14.2 Å². The molecule has 0 saturated carbocycles. The lowest BCUT2D eigenvalue weighted by Crippen LogP contribution is -2.21. The van der Waals surface area contributed by atoms with Crippen LogP contribution >= 0.6 is 0 Å². The standard InChI is InChI=1S/C10H10F3NO4/c1-5-7(9(15)17-3)8(18-10(11,12)13)6(16-2)4-14-5/h4H,1-3H3. The van der Waals surface area contributed by atoms with Gasteiger partial charge in [0.25, 0.3) is 0 Å². The van der Waals surface area contributed by atoms with E-state index in [9.17, 15) is 18.0 Å². The molecule has 0 aliphatic heterocycles. The van der Waals surface area contributed by atoms with E-state index in [1.54, 1.807) is 0 Å². The zero-order valence-corrected chi connectivity index (χ0v) is 9.79. The Morgan fingerprint density at radius 2 is 1.94 bits per heavy atom. The molecule has 0 unspecified atom stereocenters. The molecule has 1 rings (SSSR count). The van der Waals surface area contributed by atoms with Crippen molar-refractivity contribution < 1.29 is 32.2 Å². The average Bonchev–Trinajstić information content (AvgIpc) is 2.27. The highest BCUT2D eigenvalue weighted by atomic mass is 19.4. The van der Waals surface area contributed by atoms with Gasteiger partial charge in [-0.05, 0) is 6.92 Å². The molecule has 0 bridgehead atoms. The minimum Gasteiger partial charge on any atom is -0.491 e. The van der Waals surface area contributed by atoms with Crippen molar-refractivity contribution in [1.29, 1.82) is 0 Å². The fourth-order valence-corrected chi connectivity index (χ4v) is 1.27. The van der Waals surface area contributed by atoms with Crippen molar-refractivity contribution in [3.05, 3.63) is 17.5 Å². The van der Waals surface area contributed by atoms with Crippen LogP contribution in [0.25, 0.3) is 0 Å². The summed E-state index contributed by atoms with van der Waals surface area (Å²) >= 11 is 0. The Bertz CT molecular complexity index is 459. The molecule has 1 aromatic rings. The number of carbonyl (C=O) groups excluding carboxylic acids is 1. The molecular weight excluding hydrogens is 255 g/mol. The topological polar surface area (TPSA) is 57.7 Å². The monoisotopic (exact) mass is 265 g/mol. The Balaban J connectivity index is 3.41. The number of hydrogen-bond donors (Lipinski definition) is 0. The van der Waals surface area contributed by atoms with E-state index in [0.29, 0.717) is 0 Å². The van der Waals surface area contributed by atoms with Gasteiger partial charge in [-0.1, -0.05) is 0 Å². The Labute approximate surface area is 100 Å². The average molecular weight is 265 g/mol. The van der Waals surface area contributed by atoms with E-state index in [1.807, 2.05) is 0 Å². The van der Waals surface area contributed by atoms with Crippen LogP contribution in [0.15, 0.2) is 6.20 Å². The maximum Gasteiger partial charge on any atom is 0.573 e. The summed E-state index contributed by atoms with van der Waals surface area (Å²) in [6.07, 6.45) is -3.92. The maximum atomic E-state index is 12.3. The highest BCUT2D eigenvalue weighted by molar-refractivity contribution is 5.94. The highest BCUT2D eigenvalue weighted by Gasteiger charge is 2.36. The van der Waals surface area contributed by atoms with Crippen molar-refractivity contribution in [2.45, 2.75) is 13.3 Å². The summed E-state index contributed by atoms with van der Waals surface area (Å²) in [6, 6.07) is 0. The predicted octanol–water partition coefficient (Wildman–Crippen LogP) is 2.08. The molecular formula is C10H10F3NO4. The highest BCUT2D eigenvalue weighted by Crippen LogP contribution is 2.36. The van der Waals surface area contributed by atoms with Gasteiger partial charge in [-0.25, -0.2) is 4.79 Å². The van der Waals surface area contributed by atoms with Gasteiger partial charge in [0.2, 0.25) is 0 Å². The van der Waals surface area contributed by atoms with Gasteiger partial charge in [0.1, 0.15) is 5.56 Å². The molecule has 0 spiro atoms. The summed E-state index contributed by atoms with van der Waals surface area (Å²) in [4.78, 5) is 15.2. The fourth-order valence-electron chi connectivity index (χ4n) is 1.27. The number of aryl methyl sites for hydroxylation is 1. The van der Waals surface area contributed by atoms with Crippen LogP contribution in [0.3, 0.4) is 0 Å². The SMILES string of the molecule is COC(=O)c1c(C)ncc(OC)c1OC(F)(F)F. The van der Waals surface area contributed by atoms with E-state index in [-0.39, 0.29) is 11.4 Å². The summed E-state index contributed by atoms with van der Waals surface area (Å²) in [6.45, 7) is 1.36. The first kappa shape index (κ1) is 14.1. The maximum absolute atomic E-state index is 12.3. The lowest BCUT2D eigenvalue weighted by molar-refractivity contribution is -0.275. The van der Waals surface area contributed by atoms with Gasteiger partial charge in [0.15, 0.2) is 11.5 Å². The van der Waals surface area contributed by atoms with Gasteiger partial charge in [-0.3, -0.25) is 4.98 Å². The first-order valence-corrected chi connectivity index (χ1v) is 4.67. The van der Waals surface area contributed by atoms with Crippen LogP contribution < -0.4 is 9.47 Å². The molecule has 1 heterocycles. The normalized spacial score (nSPS) is 11.0. The number of rotatable bonds is 3. The van der Waals surface area contributed by atoms with Crippen LogP contribution in [0.1, 0.15) is 16.1 Å². The van der Waals surface area contributed by atoms with Gasteiger partial charge >= 0.3 is 12.3 Å². The summed E-state index contributed by atoms with van der Waals surface area (Å²) < 4.78 is 49.7. The second kappa shape index (κ2) is 5.11. The van der Waals surface area contributed by atoms with Crippen LogP contribution in [0.2, 0.25) is 0 Å². The number of pyridine rings is 1.